The van der Waals surface area contributed by atoms with Gasteiger partial charge in [-0.15, -0.1) is 0 Å². The largest absolute Gasteiger partial charge is 0.469 e. The molecule has 140 valence electrons. The first-order chi connectivity index (χ1) is 12.5. The number of aryl methyl sites for hydroxylation is 1. The molecule has 1 atom stereocenters. The molecule has 2 aromatic rings. The molecule has 0 amide bonds. The molecule has 0 aliphatic heterocycles. The minimum atomic E-state index is -0.260. The Balaban J connectivity index is 1.98. The van der Waals surface area contributed by atoms with Crippen molar-refractivity contribution in [3.05, 3.63) is 41.8 Å². The Bertz CT molecular complexity index is 737. The Hall–Kier alpha value is -2.83. The number of methoxy groups -OCH3 is 1. The van der Waals surface area contributed by atoms with E-state index < -0.39 is 0 Å². The first-order valence-corrected chi connectivity index (χ1v) is 8.65. The van der Waals surface area contributed by atoms with E-state index in [9.17, 15) is 4.79 Å². The summed E-state index contributed by atoms with van der Waals surface area (Å²) < 4.78 is 10.3. The van der Waals surface area contributed by atoms with E-state index in [1.165, 1.54) is 12.7 Å². The van der Waals surface area contributed by atoms with Crippen LogP contribution in [0.5, 0.6) is 0 Å². The summed E-state index contributed by atoms with van der Waals surface area (Å²) in [4.78, 5) is 20.4. The van der Waals surface area contributed by atoms with Crippen molar-refractivity contribution in [2.45, 2.75) is 27.3 Å². The molecule has 1 unspecified atom stereocenters. The van der Waals surface area contributed by atoms with Crippen LogP contribution in [-0.2, 0) is 16.1 Å². The van der Waals surface area contributed by atoms with Crippen LogP contribution in [-0.4, -0.2) is 37.1 Å². The summed E-state index contributed by atoms with van der Waals surface area (Å²) in [5.74, 6) is 0.673. The van der Waals surface area contributed by atoms with Gasteiger partial charge in [-0.1, -0.05) is 24.6 Å². The summed E-state index contributed by atoms with van der Waals surface area (Å²) in [5.41, 5.74) is 2.86. The van der Waals surface area contributed by atoms with Gasteiger partial charge in [0, 0.05) is 18.7 Å². The number of benzene rings is 1. The van der Waals surface area contributed by atoms with Crippen LogP contribution in [0.3, 0.4) is 0 Å². The second-order valence-corrected chi connectivity index (χ2v) is 6.01. The second kappa shape index (κ2) is 9.60. The number of guanidine groups is 1. The molecule has 26 heavy (non-hydrogen) atoms. The fourth-order valence-electron chi connectivity index (χ4n) is 2.24. The molecule has 0 aliphatic rings. The average molecular weight is 358 g/mol. The molecule has 2 N–H and O–H groups in total. The zero-order chi connectivity index (χ0) is 18.9. The van der Waals surface area contributed by atoms with Crippen LogP contribution < -0.4 is 10.6 Å². The monoisotopic (exact) mass is 358 g/mol. The quantitative estimate of drug-likeness (QED) is 0.449. The van der Waals surface area contributed by atoms with E-state index >= 15 is 0 Å². The van der Waals surface area contributed by atoms with E-state index in [0.717, 1.165) is 11.3 Å². The highest BCUT2D eigenvalue weighted by atomic mass is 16.5. The number of aromatic nitrogens is 1. The van der Waals surface area contributed by atoms with Gasteiger partial charge in [-0.2, -0.15) is 0 Å². The van der Waals surface area contributed by atoms with Crippen molar-refractivity contribution in [1.82, 2.24) is 15.6 Å². The fourth-order valence-corrected chi connectivity index (χ4v) is 2.24. The minimum absolute atomic E-state index is 0.257. The lowest BCUT2D eigenvalue weighted by atomic mass is 10.1. The highest BCUT2D eigenvalue weighted by molar-refractivity contribution is 5.80. The van der Waals surface area contributed by atoms with Gasteiger partial charge in [0.15, 0.2) is 5.96 Å². The zero-order valence-corrected chi connectivity index (χ0v) is 15.7. The number of esters is 1. The molecule has 2 rings (SSSR count). The standard InChI is InChI=1S/C19H26N4O3/c1-5-20-19(21-10-14(3)18(24)25-4)22-11-16-12-26-17(23-16)15-8-6-13(2)7-9-15/h6-9,12,14H,5,10-11H2,1-4H3,(H2,20,21,22). The number of aliphatic imine (C=N–C) groups is 1. The summed E-state index contributed by atoms with van der Waals surface area (Å²) >= 11 is 0. The first kappa shape index (κ1) is 19.5. The van der Waals surface area contributed by atoms with Crippen molar-refractivity contribution in [2.75, 3.05) is 20.2 Å². The van der Waals surface area contributed by atoms with Crippen molar-refractivity contribution in [2.24, 2.45) is 10.9 Å². The van der Waals surface area contributed by atoms with Crippen LogP contribution in [0.15, 0.2) is 39.9 Å². The van der Waals surface area contributed by atoms with Gasteiger partial charge in [0.2, 0.25) is 5.89 Å². The lowest BCUT2D eigenvalue weighted by Crippen LogP contribution is -2.40. The smallest absolute Gasteiger partial charge is 0.310 e. The predicted molar refractivity (Wildman–Crippen MR) is 101 cm³/mol. The first-order valence-electron chi connectivity index (χ1n) is 8.65. The molecule has 0 saturated heterocycles. The van der Waals surface area contributed by atoms with Crippen molar-refractivity contribution < 1.29 is 13.9 Å². The van der Waals surface area contributed by atoms with Gasteiger partial charge in [-0.3, -0.25) is 4.79 Å². The third-order valence-corrected chi connectivity index (χ3v) is 3.77. The van der Waals surface area contributed by atoms with E-state index in [4.69, 9.17) is 9.15 Å². The summed E-state index contributed by atoms with van der Waals surface area (Å²) in [5, 5.41) is 6.27. The highest BCUT2D eigenvalue weighted by Gasteiger charge is 2.13. The molecule has 0 bridgehead atoms. The van der Waals surface area contributed by atoms with Crippen LogP contribution in [0.25, 0.3) is 11.5 Å². The van der Waals surface area contributed by atoms with Gasteiger partial charge in [-0.25, -0.2) is 9.98 Å². The van der Waals surface area contributed by atoms with Gasteiger partial charge in [0.05, 0.1) is 19.6 Å². The maximum absolute atomic E-state index is 11.5. The number of nitrogens with one attached hydrogen (secondary N) is 2. The minimum Gasteiger partial charge on any atom is -0.469 e. The molecule has 0 saturated carbocycles. The van der Waals surface area contributed by atoms with Gasteiger partial charge in [-0.05, 0) is 26.0 Å². The molecule has 7 heteroatoms. The third-order valence-electron chi connectivity index (χ3n) is 3.77. The van der Waals surface area contributed by atoms with E-state index in [0.29, 0.717) is 31.5 Å². The number of hydrogen-bond acceptors (Lipinski definition) is 5. The van der Waals surface area contributed by atoms with Crippen molar-refractivity contribution in [1.29, 1.82) is 0 Å². The normalized spacial score (nSPS) is 12.5. The Morgan fingerprint density at radius 2 is 2.04 bits per heavy atom. The second-order valence-electron chi connectivity index (χ2n) is 6.01. The number of carbonyl (C=O) groups excluding carboxylic acids is 1. The fraction of sp³-hybridized carbons (Fsp3) is 0.421. The topological polar surface area (TPSA) is 88.8 Å². The highest BCUT2D eigenvalue weighted by Crippen LogP contribution is 2.19. The van der Waals surface area contributed by atoms with Crippen LogP contribution >= 0.6 is 0 Å². The number of carbonyl (C=O) groups is 1. The number of nitrogens with zero attached hydrogens (tertiary/aromatic N) is 2. The van der Waals surface area contributed by atoms with Crippen molar-refractivity contribution >= 4 is 11.9 Å². The number of ether oxygens (including phenoxy) is 1. The van der Waals surface area contributed by atoms with Crippen molar-refractivity contribution in [3.63, 3.8) is 0 Å². The van der Waals surface area contributed by atoms with E-state index in [2.05, 4.69) is 20.6 Å². The molecular formula is C19H26N4O3. The summed E-state index contributed by atoms with van der Waals surface area (Å²) in [6.07, 6.45) is 1.61. The molecule has 7 nitrogen and oxygen atoms in total. The maximum Gasteiger partial charge on any atom is 0.310 e. The Morgan fingerprint density at radius 1 is 1.31 bits per heavy atom. The molecule has 1 heterocycles. The lowest BCUT2D eigenvalue weighted by molar-refractivity contribution is -0.144. The Labute approximate surface area is 153 Å². The SMILES string of the molecule is CCNC(=NCc1coc(-c2ccc(C)cc2)n1)NCC(C)C(=O)OC. The predicted octanol–water partition coefficient (Wildman–Crippen LogP) is 2.51. The van der Waals surface area contributed by atoms with Crippen molar-refractivity contribution in [3.8, 4) is 11.5 Å². The summed E-state index contributed by atoms with van der Waals surface area (Å²) in [7, 11) is 1.38. The van der Waals surface area contributed by atoms with Crippen LogP contribution in [0.4, 0.5) is 0 Å². The molecule has 0 spiro atoms. The molecular weight excluding hydrogens is 332 g/mol. The lowest BCUT2D eigenvalue weighted by Gasteiger charge is -2.14. The van der Waals surface area contributed by atoms with E-state index in [1.54, 1.807) is 13.2 Å². The molecule has 0 fully saturated rings. The number of hydrogen-bond donors (Lipinski definition) is 2. The van der Waals surface area contributed by atoms with Crippen LogP contribution in [0, 0.1) is 12.8 Å². The van der Waals surface area contributed by atoms with Crippen LogP contribution in [0.1, 0.15) is 25.1 Å². The average Bonchev–Trinajstić information content (AvgIpc) is 3.12. The van der Waals surface area contributed by atoms with E-state index in [1.807, 2.05) is 38.1 Å². The molecule has 1 aromatic heterocycles. The van der Waals surface area contributed by atoms with Gasteiger partial charge in [0.1, 0.15) is 12.0 Å². The number of rotatable bonds is 7. The summed E-state index contributed by atoms with van der Waals surface area (Å²) in [6.45, 7) is 7.34. The van der Waals surface area contributed by atoms with Gasteiger partial charge >= 0.3 is 5.97 Å². The maximum atomic E-state index is 11.5. The van der Waals surface area contributed by atoms with Gasteiger partial charge < -0.3 is 19.8 Å². The Kier molecular flexibility index (Phi) is 7.20. The molecule has 1 aromatic carbocycles. The molecule has 0 radical (unpaired) electrons. The van der Waals surface area contributed by atoms with E-state index in [-0.39, 0.29) is 11.9 Å². The number of oxazole rings is 1. The Morgan fingerprint density at radius 3 is 2.69 bits per heavy atom. The van der Waals surface area contributed by atoms with Gasteiger partial charge in [0.25, 0.3) is 0 Å². The zero-order valence-electron chi connectivity index (χ0n) is 15.7. The molecule has 0 aliphatic carbocycles. The van der Waals surface area contributed by atoms with Crippen LogP contribution in [0.2, 0.25) is 0 Å². The summed E-state index contributed by atoms with van der Waals surface area (Å²) in [6, 6.07) is 8.00. The third kappa shape index (κ3) is 5.61.